The average molecular weight is 994 g/mol. The van der Waals surface area contributed by atoms with Gasteiger partial charge in [0.2, 0.25) is 17.7 Å². The lowest BCUT2D eigenvalue weighted by atomic mass is 9.93. The molecule has 0 bridgehead atoms. The van der Waals surface area contributed by atoms with Crippen LogP contribution in [0.4, 0.5) is 0 Å². The molecule has 18 nitrogen and oxygen atoms in total. The second kappa shape index (κ2) is 25.7. The number of hydrogen-bond acceptors (Lipinski definition) is 12. The third kappa shape index (κ3) is 16.5. The number of ketones is 1. The van der Waals surface area contributed by atoms with Crippen LogP contribution in [-0.4, -0.2) is 124 Å². The predicted molar refractivity (Wildman–Crippen MR) is 268 cm³/mol. The fourth-order valence-electron chi connectivity index (χ4n) is 8.68. The van der Waals surface area contributed by atoms with Gasteiger partial charge < -0.3 is 44.7 Å². The number of ether oxygens (including phenoxy) is 4. The molecule has 0 aliphatic carbocycles. The van der Waals surface area contributed by atoms with Gasteiger partial charge >= 0.3 is 5.97 Å². The molecular weight excluding hydrogens is 921 g/mol. The molecule has 5 atom stereocenters. The fraction of sp³-hybridized carbons (Fsp3) is 0.519. The molecule has 3 aromatic carbocycles. The van der Waals surface area contributed by atoms with Crippen LogP contribution in [-0.2, 0) is 64.2 Å². The van der Waals surface area contributed by atoms with Crippen LogP contribution in [0.25, 0.3) is 0 Å². The van der Waals surface area contributed by atoms with E-state index in [1.165, 1.54) is 6.20 Å². The van der Waals surface area contributed by atoms with Crippen molar-refractivity contribution in [1.29, 1.82) is 0 Å². The number of amides is 4. The molecule has 2 aliphatic heterocycles. The van der Waals surface area contributed by atoms with Gasteiger partial charge in [0, 0.05) is 12.0 Å². The van der Waals surface area contributed by atoms with E-state index in [1.54, 1.807) is 32.9 Å². The highest BCUT2D eigenvalue weighted by Crippen LogP contribution is 2.32. The SMILES string of the molecule is CC(C)CC(NC(=O)[C@H](Cc1ccccc1)NC(=O)[C@H](CC(C)C)NC(=O)[C@H](CCc1ccccc1)NC(=O)C[N+]1(Cc2ccc(OC(=O)C(C)C)c(OCc3cn[nH]n3)c2)CCOCC1)C(=O)[C@@]1(C)CO1. The summed E-state index contributed by atoms with van der Waals surface area (Å²) >= 11 is 0. The zero-order chi connectivity index (χ0) is 51.8. The van der Waals surface area contributed by atoms with Gasteiger partial charge in [0.1, 0.15) is 55.7 Å². The summed E-state index contributed by atoms with van der Waals surface area (Å²) in [5.41, 5.74) is 2.15. The van der Waals surface area contributed by atoms with E-state index in [1.807, 2.05) is 94.4 Å². The van der Waals surface area contributed by atoms with E-state index >= 15 is 0 Å². The number of nitrogens with one attached hydrogen (secondary N) is 5. The third-order valence-corrected chi connectivity index (χ3v) is 12.9. The van der Waals surface area contributed by atoms with Gasteiger partial charge in [-0.25, -0.2) is 0 Å². The van der Waals surface area contributed by atoms with E-state index in [0.29, 0.717) is 61.6 Å². The Labute approximate surface area is 422 Å². The fourth-order valence-corrected chi connectivity index (χ4v) is 8.68. The van der Waals surface area contributed by atoms with Crippen molar-refractivity contribution in [2.45, 2.75) is 123 Å². The molecule has 0 spiro atoms. The highest BCUT2D eigenvalue weighted by atomic mass is 16.6. The van der Waals surface area contributed by atoms with Crippen LogP contribution in [0.3, 0.4) is 0 Å². The number of nitrogens with zero attached hydrogens (tertiary/aromatic N) is 3. The molecule has 1 aromatic heterocycles. The first-order valence-electron chi connectivity index (χ1n) is 25.1. The zero-order valence-corrected chi connectivity index (χ0v) is 42.7. The maximum Gasteiger partial charge on any atom is 0.313 e. The van der Waals surface area contributed by atoms with E-state index in [-0.39, 0.29) is 74.2 Å². The molecule has 6 rings (SSSR count). The van der Waals surface area contributed by atoms with Gasteiger partial charge in [-0.2, -0.15) is 15.4 Å². The number of morpholine rings is 1. The number of rotatable bonds is 27. The van der Waals surface area contributed by atoms with Crippen LogP contribution in [0.2, 0.25) is 0 Å². The number of aryl methyl sites for hydroxylation is 1. The number of Topliss-reactive ketones (excluding diaryl/α,β-unsaturated/α-hetero) is 1. The van der Waals surface area contributed by atoms with Crippen LogP contribution in [0.5, 0.6) is 11.5 Å². The number of aromatic amines is 1. The van der Waals surface area contributed by atoms with E-state index < -0.39 is 53.5 Å². The molecule has 18 heteroatoms. The summed E-state index contributed by atoms with van der Waals surface area (Å²) < 4.78 is 23.3. The molecule has 1 unspecified atom stereocenters. The molecule has 4 amide bonds. The van der Waals surface area contributed by atoms with Gasteiger partial charge in [0.15, 0.2) is 23.8 Å². The highest BCUT2D eigenvalue weighted by Gasteiger charge is 2.50. The molecule has 5 N–H and O–H groups in total. The van der Waals surface area contributed by atoms with Crippen LogP contribution in [0, 0.1) is 17.8 Å². The third-order valence-electron chi connectivity index (χ3n) is 12.9. The molecule has 0 radical (unpaired) electrons. The number of carbonyl (C=O) groups excluding carboxylic acids is 6. The van der Waals surface area contributed by atoms with Crippen molar-refractivity contribution in [2.75, 3.05) is 39.5 Å². The second-order valence-electron chi connectivity index (χ2n) is 20.5. The Morgan fingerprint density at radius 1 is 0.722 bits per heavy atom. The Morgan fingerprint density at radius 2 is 1.32 bits per heavy atom. The van der Waals surface area contributed by atoms with Crippen molar-refractivity contribution in [3.8, 4) is 11.5 Å². The Hall–Kier alpha value is -6.50. The van der Waals surface area contributed by atoms with Crippen LogP contribution < -0.4 is 30.7 Å². The standard InChI is InChI=1S/C54H72N8O10/c1-35(2)26-43(49(64)54(7)34-71-54)57-52(67)45(28-39-16-12-9-13-17-39)59-51(66)44(27-36(3)4)58-50(65)42(20-18-38-14-10-8-11-15-38)56-48(63)32-62(22-24-69-25-23-62)31-40-19-21-46(72-53(68)37(5)6)47(29-40)70-33-41-30-55-61-60-41/h8-17,19,21,29-30,35-37,42-45H,18,20,22-28,31-34H2,1-7H3,(H4-,55,56,57,58,59,60,61,63,65,66,67)/p+1/t42-,43?,44-,45-,54+/m0/s1. The van der Waals surface area contributed by atoms with Crippen molar-refractivity contribution >= 4 is 35.4 Å². The van der Waals surface area contributed by atoms with Crippen LogP contribution in [0.1, 0.15) is 90.1 Å². The minimum absolute atomic E-state index is 0.00939. The molecular formula is C54H73N8O10+. The number of aromatic nitrogens is 3. The molecule has 2 saturated heterocycles. The first kappa shape index (κ1) is 54.8. The predicted octanol–water partition coefficient (Wildman–Crippen LogP) is 4.56. The minimum atomic E-state index is -1.09. The van der Waals surface area contributed by atoms with E-state index in [0.717, 1.165) is 16.7 Å². The van der Waals surface area contributed by atoms with Crippen molar-refractivity contribution in [2.24, 2.45) is 17.8 Å². The number of H-pyrrole nitrogens is 1. The Kier molecular flexibility index (Phi) is 19.6. The molecule has 388 valence electrons. The maximum absolute atomic E-state index is 14.6. The lowest BCUT2D eigenvalue weighted by molar-refractivity contribution is -0.940. The maximum atomic E-state index is 14.6. The van der Waals surface area contributed by atoms with Gasteiger partial charge in [0.05, 0.1) is 38.0 Å². The number of quaternary nitrogens is 1. The van der Waals surface area contributed by atoms with Gasteiger partial charge in [-0.3, -0.25) is 28.8 Å². The first-order chi connectivity index (χ1) is 34.4. The quantitative estimate of drug-likeness (QED) is 0.0240. The normalized spacial score (nSPS) is 17.8. The smallest absolute Gasteiger partial charge is 0.313 e. The molecule has 0 saturated carbocycles. The number of esters is 1. The Bertz CT molecular complexity index is 2420. The molecule has 72 heavy (non-hydrogen) atoms. The van der Waals surface area contributed by atoms with E-state index in [4.69, 9.17) is 18.9 Å². The minimum Gasteiger partial charge on any atom is -0.483 e. The van der Waals surface area contributed by atoms with Gasteiger partial charge in [-0.1, -0.05) is 102 Å². The van der Waals surface area contributed by atoms with Crippen LogP contribution in [0.15, 0.2) is 85.1 Å². The van der Waals surface area contributed by atoms with Crippen molar-refractivity contribution < 1.29 is 52.2 Å². The summed E-state index contributed by atoms with van der Waals surface area (Å²) in [6, 6.07) is 20.2. The summed E-state index contributed by atoms with van der Waals surface area (Å²) in [5.74, 6) is -2.42. The largest absolute Gasteiger partial charge is 0.483 e. The second-order valence-corrected chi connectivity index (χ2v) is 20.5. The number of benzene rings is 3. The number of carbonyl (C=O) groups is 6. The highest BCUT2D eigenvalue weighted by molar-refractivity contribution is 5.99. The molecule has 3 heterocycles. The van der Waals surface area contributed by atoms with Crippen molar-refractivity contribution in [1.82, 2.24) is 36.7 Å². The lowest BCUT2D eigenvalue weighted by Crippen LogP contribution is -2.61. The molecule has 2 fully saturated rings. The van der Waals surface area contributed by atoms with Gasteiger partial charge in [0.25, 0.3) is 5.91 Å². The summed E-state index contributed by atoms with van der Waals surface area (Å²) in [6.45, 7) is 15.5. The van der Waals surface area contributed by atoms with Gasteiger partial charge in [-0.05, 0) is 73.8 Å². The first-order valence-corrected chi connectivity index (χ1v) is 25.1. The summed E-state index contributed by atoms with van der Waals surface area (Å²) in [7, 11) is 0. The van der Waals surface area contributed by atoms with Gasteiger partial charge in [-0.15, -0.1) is 0 Å². The van der Waals surface area contributed by atoms with E-state index in [2.05, 4.69) is 36.7 Å². The number of hydrogen-bond donors (Lipinski definition) is 5. The molecule has 4 aromatic rings. The van der Waals surface area contributed by atoms with Crippen molar-refractivity contribution in [3.05, 3.63) is 107 Å². The van der Waals surface area contributed by atoms with Crippen molar-refractivity contribution in [3.63, 3.8) is 0 Å². The Morgan fingerprint density at radius 3 is 1.93 bits per heavy atom. The molecule has 2 aliphatic rings. The summed E-state index contributed by atoms with van der Waals surface area (Å²) in [5, 5.41) is 22.4. The zero-order valence-electron chi connectivity index (χ0n) is 42.7. The monoisotopic (exact) mass is 994 g/mol. The number of epoxide rings is 1. The summed E-state index contributed by atoms with van der Waals surface area (Å²) in [6.07, 6.45) is 2.98. The lowest BCUT2D eigenvalue weighted by Gasteiger charge is -2.41. The Balaban J connectivity index is 1.21. The topological polar surface area (TPSA) is 232 Å². The van der Waals surface area contributed by atoms with Crippen LogP contribution >= 0.6 is 0 Å². The average Bonchev–Trinajstić information content (AvgIpc) is 3.88. The van der Waals surface area contributed by atoms with E-state index in [9.17, 15) is 28.8 Å². The summed E-state index contributed by atoms with van der Waals surface area (Å²) in [4.78, 5) is 83.9.